The summed E-state index contributed by atoms with van der Waals surface area (Å²) in [5, 5.41) is 10.8. The molecule has 0 saturated carbocycles. The Hall–Kier alpha value is -2.70. The molecule has 0 aliphatic heterocycles. The summed E-state index contributed by atoms with van der Waals surface area (Å²) in [6.45, 7) is 4.19. The number of aromatic nitrogens is 2. The minimum absolute atomic E-state index is 0.640. The van der Waals surface area contributed by atoms with Crippen molar-refractivity contribution in [1.82, 2.24) is 20.4 Å². The number of methoxy groups -OCH3 is 2. The summed E-state index contributed by atoms with van der Waals surface area (Å²) < 4.78 is 12.5. The predicted octanol–water partition coefficient (Wildman–Crippen LogP) is 1.57. The fraction of sp³-hybridized carbons (Fsp3) is 0.412. The van der Waals surface area contributed by atoms with Crippen LogP contribution in [0.25, 0.3) is 0 Å². The van der Waals surface area contributed by atoms with Gasteiger partial charge in [0.1, 0.15) is 0 Å². The van der Waals surface area contributed by atoms with Gasteiger partial charge < -0.3 is 20.1 Å². The van der Waals surface area contributed by atoms with Crippen molar-refractivity contribution >= 4 is 5.96 Å². The summed E-state index contributed by atoms with van der Waals surface area (Å²) in [5.41, 5.74) is 2.24. The molecule has 2 aromatic rings. The fourth-order valence-electron chi connectivity index (χ4n) is 2.28. The Labute approximate surface area is 142 Å². The molecule has 0 aliphatic carbocycles. The lowest BCUT2D eigenvalue weighted by atomic mass is 10.2. The largest absolute Gasteiger partial charge is 0.493 e. The van der Waals surface area contributed by atoms with Crippen molar-refractivity contribution < 1.29 is 9.47 Å². The molecule has 0 fully saturated rings. The maximum absolute atomic E-state index is 5.32. The highest BCUT2D eigenvalue weighted by molar-refractivity contribution is 5.79. The Morgan fingerprint density at radius 3 is 2.62 bits per heavy atom. The Morgan fingerprint density at radius 1 is 1.21 bits per heavy atom. The van der Waals surface area contributed by atoms with Crippen molar-refractivity contribution in [3.05, 3.63) is 41.7 Å². The van der Waals surface area contributed by atoms with E-state index in [9.17, 15) is 0 Å². The van der Waals surface area contributed by atoms with Gasteiger partial charge in [0.15, 0.2) is 17.5 Å². The third kappa shape index (κ3) is 4.91. The minimum Gasteiger partial charge on any atom is -0.493 e. The summed E-state index contributed by atoms with van der Waals surface area (Å²) in [5.74, 6) is 2.18. The molecule has 0 spiro atoms. The topological polar surface area (TPSA) is 72.7 Å². The number of hydrogen-bond donors (Lipinski definition) is 2. The lowest BCUT2D eigenvalue weighted by molar-refractivity contribution is 0.354. The number of ether oxygens (including phenoxy) is 2. The molecule has 0 radical (unpaired) electrons. The zero-order valence-corrected chi connectivity index (χ0v) is 14.7. The fourth-order valence-corrected chi connectivity index (χ4v) is 2.28. The Balaban J connectivity index is 1.82. The Morgan fingerprint density at radius 2 is 2.00 bits per heavy atom. The van der Waals surface area contributed by atoms with Crippen LogP contribution in [-0.2, 0) is 13.1 Å². The Bertz CT molecular complexity index is 681. The van der Waals surface area contributed by atoms with E-state index in [0.717, 1.165) is 35.9 Å². The molecule has 1 heterocycles. The van der Waals surface area contributed by atoms with Gasteiger partial charge in [0.2, 0.25) is 0 Å². The molecule has 0 amide bonds. The van der Waals surface area contributed by atoms with Crippen molar-refractivity contribution in [2.45, 2.75) is 20.0 Å². The first-order valence-corrected chi connectivity index (χ1v) is 7.80. The third-order valence-electron chi connectivity index (χ3n) is 3.53. The van der Waals surface area contributed by atoms with Gasteiger partial charge in [-0.15, -0.1) is 0 Å². The first-order chi connectivity index (χ1) is 11.7. The van der Waals surface area contributed by atoms with E-state index in [1.54, 1.807) is 21.3 Å². The van der Waals surface area contributed by atoms with Gasteiger partial charge in [0.05, 0.1) is 27.0 Å². The number of aliphatic imine (C=N–C) groups is 1. The SMILES string of the molecule is CN=C(NCCn1cc(C)cn1)NCc1ccc(OC)c(OC)c1. The molecular formula is C17H25N5O2. The van der Waals surface area contributed by atoms with Crippen LogP contribution in [0.1, 0.15) is 11.1 Å². The van der Waals surface area contributed by atoms with Crippen molar-refractivity contribution in [3.63, 3.8) is 0 Å². The molecule has 1 aromatic heterocycles. The van der Waals surface area contributed by atoms with Crippen LogP contribution in [0.15, 0.2) is 35.6 Å². The molecule has 7 nitrogen and oxygen atoms in total. The van der Waals surface area contributed by atoms with E-state index in [-0.39, 0.29) is 0 Å². The van der Waals surface area contributed by atoms with E-state index in [0.29, 0.717) is 12.3 Å². The molecule has 0 unspecified atom stereocenters. The molecule has 7 heteroatoms. The number of nitrogens with one attached hydrogen (secondary N) is 2. The van der Waals surface area contributed by atoms with E-state index in [1.165, 1.54) is 0 Å². The highest BCUT2D eigenvalue weighted by Gasteiger charge is 2.05. The number of benzene rings is 1. The van der Waals surface area contributed by atoms with Gasteiger partial charge in [-0.25, -0.2) is 0 Å². The molecular weight excluding hydrogens is 306 g/mol. The molecule has 130 valence electrons. The number of guanidine groups is 1. The third-order valence-corrected chi connectivity index (χ3v) is 3.53. The summed E-state index contributed by atoms with van der Waals surface area (Å²) in [4.78, 5) is 4.22. The molecule has 2 N–H and O–H groups in total. The summed E-state index contributed by atoms with van der Waals surface area (Å²) in [6, 6.07) is 5.84. The first-order valence-electron chi connectivity index (χ1n) is 7.80. The average molecular weight is 331 g/mol. The van der Waals surface area contributed by atoms with Gasteiger partial charge in [-0.1, -0.05) is 6.07 Å². The average Bonchev–Trinajstić information content (AvgIpc) is 3.02. The number of rotatable bonds is 7. The number of nitrogens with zero attached hydrogens (tertiary/aromatic N) is 3. The van der Waals surface area contributed by atoms with Crippen LogP contribution in [0.2, 0.25) is 0 Å². The standard InChI is InChI=1S/C17H25N5O2/c1-13-10-21-22(12-13)8-7-19-17(18-2)20-11-14-5-6-15(23-3)16(9-14)24-4/h5-6,9-10,12H,7-8,11H2,1-4H3,(H2,18,19,20). The van der Waals surface area contributed by atoms with Crippen molar-refractivity contribution in [2.24, 2.45) is 4.99 Å². The zero-order valence-electron chi connectivity index (χ0n) is 14.7. The lowest BCUT2D eigenvalue weighted by Crippen LogP contribution is -2.38. The molecule has 0 atom stereocenters. The van der Waals surface area contributed by atoms with Gasteiger partial charge in [-0.2, -0.15) is 5.10 Å². The molecule has 0 saturated heterocycles. The quantitative estimate of drug-likeness (QED) is 0.595. The molecule has 2 rings (SSSR count). The summed E-state index contributed by atoms with van der Waals surface area (Å²) in [7, 11) is 5.01. The van der Waals surface area contributed by atoms with Crippen molar-refractivity contribution in [2.75, 3.05) is 27.8 Å². The van der Waals surface area contributed by atoms with Crippen LogP contribution >= 0.6 is 0 Å². The van der Waals surface area contributed by atoms with Crippen LogP contribution in [0.4, 0.5) is 0 Å². The van der Waals surface area contributed by atoms with Gasteiger partial charge >= 0.3 is 0 Å². The van der Waals surface area contributed by atoms with E-state index >= 15 is 0 Å². The predicted molar refractivity (Wildman–Crippen MR) is 94.7 cm³/mol. The first kappa shape index (κ1) is 17.7. The zero-order chi connectivity index (χ0) is 17.4. The van der Waals surface area contributed by atoms with Gasteiger partial charge in [0, 0.05) is 26.3 Å². The molecule has 0 aliphatic rings. The summed E-state index contributed by atoms with van der Waals surface area (Å²) in [6.07, 6.45) is 3.87. The van der Waals surface area contributed by atoms with Gasteiger partial charge in [-0.3, -0.25) is 9.67 Å². The normalized spacial score (nSPS) is 11.2. The van der Waals surface area contributed by atoms with E-state index in [4.69, 9.17) is 9.47 Å². The smallest absolute Gasteiger partial charge is 0.191 e. The maximum atomic E-state index is 5.32. The molecule has 1 aromatic carbocycles. The minimum atomic E-state index is 0.640. The Kier molecular flexibility index (Phi) is 6.48. The van der Waals surface area contributed by atoms with Gasteiger partial charge in [-0.05, 0) is 30.2 Å². The highest BCUT2D eigenvalue weighted by Crippen LogP contribution is 2.27. The number of hydrogen-bond acceptors (Lipinski definition) is 4. The van der Waals surface area contributed by atoms with E-state index in [1.807, 2.05) is 42.2 Å². The molecule has 24 heavy (non-hydrogen) atoms. The van der Waals surface area contributed by atoms with Crippen LogP contribution in [0.5, 0.6) is 11.5 Å². The monoisotopic (exact) mass is 331 g/mol. The second kappa shape index (κ2) is 8.81. The van der Waals surface area contributed by atoms with E-state index < -0.39 is 0 Å². The van der Waals surface area contributed by atoms with Crippen LogP contribution < -0.4 is 20.1 Å². The second-order valence-corrected chi connectivity index (χ2v) is 5.32. The van der Waals surface area contributed by atoms with Crippen LogP contribution in [0.3, 0.4) is 0 Å². The van der Waals surface area contributed by atoms with Crippen LogP contribution in [0, 0.1) is 6.92 Å². The summed E-state index contributed by atoms with van der Waals surface area (Å²) >= 11 is 0. The van der Waals surface area contributed by atoms with Crippen molar-refractivity contribution in [1.29, 1.82) is 0 Å². The van der Waals surface area contributed by atoms with Crippen molar-refractivity contribution in [3.8, 4) is 11.5 Å². The van der Waals surface area contributed by atoms with E-state index in [2.05, 4.69) is 20.7 Å². The maximum Gasteiger partial charge on any atom is 0.191 e. The lowest BCUT2D eigenvalue weighted by Gasteiger charge is -2.13. The highest BCUT2D eigenvalue weighted by atomic mass is 16.5. The number of aryl methyl sites for hydroxylation is 1. The second-order valence-electron chi connectivity index (χ2n) is 5.32. The van der Waals surface area contributed by atoms with Crippen LogP contribution in [-0.4, -0.2) is 43.6 Å². The molecule has 0 bridgehead atoms. The van der Waals surface area contributed by atoms with Gasteiger partial charge in [0.25, 0.3) is 0 Å².